The van der Waals surface area contributed by atoms with Crippen molar-refractivity contribution in [3.63, 3.8) is 0 Å². The Balaban J connectivity index is 0.00000192. The first-order chi connectivity index (χ1) is 10.7. The molecule has 0 aromatic heterocycles. The molecule has 1 aliphatic rings. The Labute approximate surface area is 143 Å². The van der Waals surface area contributed by atoms with Gasteiger partial charge < -0.3 is 4.74 Å². The molecule has 1 aliphatic heterocycles. The molecule has 124 valence electrons. The van der Waals surface area contributed by atoms with Gasteiger partial charge in [-0.25, -0.2) is 4.39 Å². The highest BCUT2D eigenvalue weighted by atomic mass is 35.5. The fourth-order valence-electron chi connectivity index (χ4n) is 3.10. The second-order valence-corrected chi connectivity index (χ2v) is 5.89. The van der Waals surface area contributed by atoms with E-state index in [1.54, 1.807) is 19.2 Å². The zero-order valence-electron chi connectivity index (χ0n) is 13.4. The molecular weight excluding hydrogens is 313 g/mol. The average molecular weight is 336 g/mol. The molecule has 0 N–H and O–H groups in total. The van der Waals surface area contributed by atoms with Crippen LogP contribution >= 0.6 is 12.4 Å². The van der Waals surface area contributed by atoms with Crippen LogP contribution in [0.2, 0.25) is 0 Å². The van der Waals surface area contributed by atoms with Crippen LogP contribution in [0.15, 0.2) is 42.5 Å². The zero-order chi connectivity index (χ0) is 15.4. The average Bonchev–Trinajstić information content (AvgIpc) is 2.54. The second kappa shape index (κ2) is 8.32. The number of methoxy groups -OCH3 is 1. The Bertz CT molecular complexity index is 647. The molecule has 0 spiro atoms. The number of benzene rings is 2. The number of hydrogen-bond acceptors (Lipinski definition) is 2. The van der Waals surface area contributed by atoms with Crippen molar-refractivity contribution in [1.82, 2.24) is 4.90 Å². The number of halogens is 2. The number of nitrogens with zero attached hydrogens (tertiary/aromatic N) is 1. The number of rotatable bonds is 5. The predicted molar refractivity (Wildman–Crippen MR) is 93.9 cm³/mol. The van der Waals surface area contributed by atoms with Crippen LogP contribution in [0.25, 0.3) is 0 Å². The van der Waals surface area contributed by atoms with Crippen molar-refractivity contribution in [3.8, 4) is 5.75 Å². The van der Waals surface area contributed by atoms with Crippen molar-refractivity contribution in [2.24, 2.45) is 0 Å². The monoisotopic (exact) mass is 335 g/mol. The van der Waals surface area contributed by atoms with Crippen LogP contribution in [-0.2, 0) is 19.4 Å². The molecule has 3 rings (SSSR count). The third-order valence-corrected chi connectivity index (χ3v) is 4.33. The molecule has 0 saturated heterocycles. The van der Waals surface area contributed by atoms with Crippen LogP contribution in [0.4, 0.5) is 4.39 Å². The van der Waals surface area contributed by atoms with Gasteiger partial charge in [0, 0.05) is 13.1 Å². The maximum absolute atomic E-state index is 13.2. The minimum absolute atomic E-state index is 0. The quantitative estimate of drug-likeness (QED) is 0.810. The minimum atomic E-state index is -0.140. The summed E-state index contributed by atoms with van der Waals surface area (Å²) in [5, 5.41) is 0. The SMILES string of the molecule is COc1ccc2c(c1)CCN(CCCc1cccc(F)c1)C2.Cl. The van der Waals surface area contributed by atoms with Gasteiger partial charge in [0.25, 0.3) is 0 Å². The molecule has 2 aromatic rings. The molecule has 0 amide bonds. The molecule has 1 heterocycles. The Morgan fingerprint density at radius 1 is 1.13 bits per heavy atom. The van der Waals surface area contributed by atoms with Gasteiger partial charge in [-0.05, 0) is 66.8 Å². The summed E-state index contributed by atoms with van der Waals surface area (Å²) in [7, 11) is 1.71. The van der Waals surface area contributed by atoms with E-state index in [0.29, 0.717) is 0 Å². The molecule has 0 bridgehead atoms. The largest absolute Gasteiger partial charge is 0.497 e. The van der Waals surface area contributed by atoms with Gasteiger partial charge in [0.1, 0.15) is 11.6 Å². The standard InChI is InChI=1S/C19H22FNO.ClH/c1-22-19-8-7-17-14-21(11-9-16(17)13-19)10-3-5-15-4-2-6-18(20)12-15;/h2,4,6-8,12-13H,3,5,9-11,14H2,1H3;1H. The topological polar surface area (TPSA) is 12.5 Å². The van der Waals surface area contributed by atoms with Crippen LogP contribution in [0.3, 0.4) is 0 Å². The molecular formula is C19H23ClFNO. The molecule has 0 unspecified atom stereocenters. The zero-order valence-corrected chi connectivity index (χ0v) is 14.2. The van der Waals surface area contributed by atoms with Crippen molar-refractivity contribution in [3.05, 3.63) is 65.0 Å². The number of hydrogen-bond donors (Lipinski definition) is 0. The first kappa shape index (κ1) is 17.8. The number of ether oxygens (including phenoxy) is 1. The Morgan fingerprint density at radius 2 is 2.00 bits per heavy atom. The lowest BCUT2D eigenvalue weighted by Crippen LogP contribution is -2.31. The molecule has 2 nitrogen and oxygen atoms in total. The van der Waals surface area contributed by atoms with Crippen molar-refractivity contribution < 1.29 is 9.13 Å². The van der Waals surface area contributed by atoms with Crippen molar-refractivity contribution in [2.75, 3.05) is 20.2 Å². The third kappa shape index (κ3) is 4.69. The Hall–Kier alpha value is -1.58. The molecule has 2 aromatic carbocycles. The van der Waals surface area contributed by atoms with E-state index in [9.17, 15) is 4.39 Å². The summed E-state index contributed by atoms with van der Waals surface area (Å²) in [6.45, 7) is 3.15. The normalized spacial score (nSPS) is 14.0. The van der Waals surface area contributed by atoms with Crippen molar-refractivity contribution >= 4 is 12.4 Å². The van der Waals surface area contributed by atoms with E-state index in [-0.39, 0.29) is 18.2 Å². The van der Waals surface area contributed by atoms with Gasteiger partial charge in [-0.1, -0.05) is 18.2 Å². The molecule has 0 radical (unpaired) electrons. The summed E-state index contributed by atoms with van der Waals surface area (Å²) >= 11 is 0. The number of aryl methyl sites for hydroxylation is 1. The van der Waals surface area contributed by atoms with E-state index in [2.05, 4.69) is 17.0 Å². The van der Waals surface area contributed by atoms with Gasteiger partial charge in [0.05, 0.1) is 7.11 Å². The van der Waals surface area contributed by atoms with Gasteiger partial charge in [0.2, 0.25) is 0 Å². The summed E-state index contributed by atoms with van der Waals surface area (Å²) in [6, 6.07) is 13.3. The van der Waals surface area contributed by atoms with E-state index in [4.69, 9.17) is 4.74 Å². The highest BCUT2D eigenvalue weighted by molar-refractivity contribution is 5.85. The minimum Gasteiger partial charge on any atom is -0.497 e. The fourth-order valence-corrected chi connectivity index (χ4v) is 3.10. The summed E-state index contributed by atoms with van der Waals surface area (Å²) in [5.41, 5.74) is 3.89. The predicted octanol–water partition coefficient (Wildman–Crippen LogP) is 4.25. The maximum atomic E-state index is 13.2. The molecule has 0 atom stereocenters. The van der Waals surface area contributed by atoms with Gasteiger partial charge in [-0.3, -0.25) is 4.90 Å². The van der Waals surface area contributed by atoms with E-state index in [1.807, 2.05) is 12.1 Å². The van der Waals surface area contributed by atoms with Gasteiger partial charge in [-0.2, -0.15) is 0 Å². The lowest BCUT2D eigenvalue weighted by molar-refractivity contribution is 0.251. The molecule has 0 aliphatic carbocycles. The van der Waals surface area contributed by atoms with E-state index < -0.39 is 0 Å². The second-order valence-electron chi connectivity index (χ2n) is 5.89. The van der Waals surface area contributed by atoms with Gasteiger partial charge in [-0.15, -0.1) is 12.4 Å². The lowest BCUT2D eigenvalue weighted by atomic mass is 9.99. The van der Waals surface area contributed by atoms with Crippen molar-refractivity contribution in [1.29, 1.82) is 0 Å². The highest BCUT2D eigenvalue weighted by Gasteiger charge is 2.16. The summed E-state index contributed by atoms with van der Waals surface area (Å²) in [4.78, 5) is 2.48. The van der Waals surface area contributed by atoms with Crippen LogP contribution in [-0.4, -0.2) is 25.1 Å². The van der Waals surface area contributed by atoms with E-state index in [1.165, 1.54) is 17.2 Å². The highest BCUT2D eigenvalue weighted by Crippen LogP contribution is 2.23. The first-order valence-corrected chi connectivity index (χ1v) is 7.87. The van der Waals surface area contributed by atoms with E-state index >= 15 is 0 Å². The van der Waals surface area contributed by atoms with Crippen LogP contribution < -0.4 is 4.74 Å². The third-order valence-electron chi connectivity index (χ3n) is 4.33. The smallest absolute Gasteiger partial charge is 0.123 e. The molecule has 0 fully saturated rings. The van der Waals surface area contributed by atoms with Gasteiger partial charge >= 0.3 is 0 Å². The van der Waals surface area contributed by atoms with Crippen LogP contribution in [0.5, 0.6) is 5.75 Å². The van der Waals surface area contributed by atoms with Crippen molar-refractivity contribution in [2.45, 2.75) is 25.8 Å². The first-order valence-electron chi connectivity index (χ1n) is 7.87. The van der Waals surface area contributed by atoms with Crippen LogP contribution in [0.1, 0.15) is 23.1 Å². The summed E-state index contributed by atoms with van der Waals surface area (Å²) in [5.74, 6) is 0.802. The lowest BCUT2D eigenvalue weighted by Gasteiger charge is -2.29. The Morgan fingerprint density at radius 3 is 2.78 bits per heavy atom. The van der Waals surface area contributed by atoms with E-state index in [0.717, 1.165) is 50.2 Å². The maximum Gasteiger partial charge on any atom is 0.123 e. The Kier molecular flexibility index (Phi) is 6.43. The molecule has 4 heteroatoms. The fraction of sp³-hybridized carbons (Fsp3) is 0.368. The number of fused-ring (bicyclic) bond motifs is 1. The molecule has 0 saturated carbocycles. The summed E-state index contributed by atoms with van der Waals surface area (Å²) in [6.07, 6.45) is 3.07. The molecule has 23 heavy (non-hydrogen) atoms. The van der Waals surface area contributed by atoms with Crippen LogP contribution in [0, 0.1) is 5.82 Å². The van der Waals surface area contributed by atoms with Gasteiger partial charge in [0.15, 0.2) is 0 Å². The summed E-state index contributed by atoms with van der Waals surface area (Å²) < 4.78 is 18.4.